The molecule has 0 aromatic heterocycles. The predicted molar refractivity (Wildman–Crippen MR) is 166 cm³/mol. The highest BCUT2D eigenvalue weighted by Crippen LogP contribution is 2.28. The maximum absolute atomic E-state index is 13.1. The second kappa shape index (κ2) is 18.5. The largest absolute Gasteiger partial charge is 0.486 e. The Morgan fingerprint density at radius 2 is 1.00 bits per heavy atom. The number of ether oxygens (including phenoxy) is 2. The molecule has 4 nitrogen and oxygen atoms in total. The third-order valence-electron chi connectivity index (χ3n) is 5.45. The highest BCUT2D eigenvalue weighted by molar-refractivity contribution is 6.31. The van der Waals surface area contributed by atoms with Crippen molar-refractivity contribution in [3.8, 4) is 11.5 Å². The molecule has 214 valence electrons. The standard InChI is InChI=1S/C15H15Cl2NO.C15H15ClFNO.C2H6/c2*16-12-4-1-3-11(9-12)15(7-8-18)19-14-6-2-5-13(17)10-14;1-2/h2*1-6,9-10,15H,7-8,18H2;1-2H3. The highest BCUT2D eigenvalue weighted by Gasteiger charge is 2.14. The minimum Gasteiger partial charge on any atom is -0.486 e. The fourth-order valence-electron chi connectivity index (χ4n) is 3.71. The lowest BCUT2D eigenvalue weighted by Crippen LogP contribution is -2.13. The number of halogens is 4. The zero-order chi connectivity index (χ0) is 29.3. The van der Waals surface area contributed by atoms with Crippen molar-refractivity contribution in [3.63, 3.8) is 0 Å². The van der Waals surface area contributed by atoms with Gasteiger partial charge in [0.25, 0.3) is 0 Å². The molecular weight excluding hydrogens is 570 g/mol. The monoisotopic (exact) mass is 604 g/mol. The summed E-state index contributed by atoms with van der Waals surface area (Å²) in [6.45, 7) is 5.02. The summed E-state index contributed by atoms with van der Waals surface area (Å²) in [4.78, 5) is 0. The summed E-state index contributed by atoms with van der Waals surface area (Å²) in [7, 11) is 0. The lowest BCUT2D eigenvalue weighted by Gasteiger charge is -2.19. The molecule has 8 heteroatoms. The van der Waals surface area contributed by atoms with E-state index in [4.69, 9.17) is 55.7 Å². The Hall–Kier alpha value is -2.80. The summed E-state index contributed by atoms with van der Waals surface area (Å²) < 4.78 is 24.9. The number of rotatable bonds is 10. The lowest BCUT2D eigenvalue weighted by atomic mass is 10.1. The maximum Gasteiger partial charge on any atom is 0.126 e. The van der Waals surface area contributed by atoms with Crippen molar-refractivity contribution >= 4 is 34.8 Å². The van der Waals surface area contributed by atoms with Crippen LogP contribution < -0.4 is 20.9 Å². The molecule has 2 unspecified atom stereocenters. The normalized spacial score (nSPS) is 11.7. The summed E-state index contributed by atoms with van der Waals surface area (Å²) >= 11 is 17.9. The van der Waals surface area contributed by atoms with Gasteiger partial charge in [-0.2, -0.15) is 0 Å². The molecular formula is C32H36Cl3FN2O2. The minimum absolute atomic E-state index is 0.123. The second-order valence-corrected chi connectivity index (χ2v) is 9.70. The average Bonchev–Trinajstić information content (AvgIpc) is 2.94. The summed E-state index contributed by atoms with van der Waals surface area (Å²) in [6, 6.07) is 28.4. The number of hydrogen-bond donors (Lipinski definition) is 2. The van der Waals surface area contributed by atoms with Crippen molar-refractivity contribution in [1.82, 2.24) is 0 Å². The van der Waals surface area contributed by atoms with Crippen molar-refractivity contribution in [1.29, 1.82) is 0 Å². The molecule has 0 aliphatic carbocycles. The van der Waals surface area contributed by atoms with Gasteiger partial charge in [0.1, 0.15) is 29.5 Å². The van der Waals surface area contributed by atoms with Gasteiger partial charge in [0.15, 0.2) is 0 Å². The van der Waals surface area contributed by atoms with Gasteiger partial charge in [-0.1, -0.05) is 85.0 Å². The van der Waals surface area contributed by atoms with E-state index >= 15 is 0 Å². The van der Waals surface area contributed by atoms with Gasteiger partial charge in [0.2, 0.25) is 0 Å². The van der Waals surface area contributed by atoms with E-state index in [9.17, 15) is 4.39 Å². The van der Waals surface area contributed by atoms with E-state index in [0.29, 0.717) is 46.7 Å². The smallest absolute Gasteiger partial charge is 0.126 e. The van der Waals surface area contributed by atoms with E-state index in [-0.39, 0.29) is 18.0 Å². The molecule has 4 aromatic rings. The Bertz CT molecular complexity index is 1190. The molecule has 4 rings (SSSR count). The maximum atomic E-state index is 13.1. The molecule has 40 heavy (non-hydrogen) atoms. The average molecular weight is 606 g/mol. The molecule has 0 saturated heterocycles. The van der Waals surface area contributed by atoms with E-state index in [1.165, 1.54) is 12.1 Å². The summed E-state index contributed by atoms with van der Waals surface area (Å²) in [5.41, 5.74) is 13.2. The van der Waals surface area contributed by atoms with E-state index in [0.717, 1.165) is 16.9 Å². The van der Waals surface area contributed by atoms with Gasteiger partial charge in [-0.05, 0) is 78.8 Å². The van der Waals surface area contributed by atoms with Crippen LogP contribution in [0.15, 0.2) is 97.1 Å². The minimum atomic E-state index is -0.324. The van der Waals surface area contributed by atoms with Crippen LogP contribution in [-0.2, 0) is 0 Å². The van der Waals surface area contributed by atoms with E-state index in [1.54, 1.807) is 24.3 Å². The van der Waals surface area contributed by atoms with Gasteiger partial charge < -0.3 is 20.9 Å². The van der Waals surface area contributed by atoms with Gasteiger partial charge in [-0.15, -0.1) is 0 Å². The quantitative estimate of drug-likeness (QED) is 0.189. The first kappa shape index (κ1) is 33.4. The highest BCUT2D eigenvalue weighted by atomic mass is 35.5. The van der Waals surface area contributed by atoms with Crippen LogP contribution in [0.4, 0.5) is 4.39 Å². The zero-order valence-corrected chi connectivity index (χ0v) is 25.0. The summed E-state index contributed by atoms with van der Waals surface area (Å²) in [5.74, 6) is 0.888. The third kappa shape index (κ3) is 11.7. The van der Waals surface area contributed by atoms with E-state index in [2.05, 4.69) is 0 Å². The van der Waals surface area contributed by atoms with Crippen LogP contribution in [0.1, 0.15) is 50.0 Å². The number of nitrogens with two attached hydrogens (primary N) is 2. The van der Waals surface area contributed by atoms with Crippen LogP contribution >= 0.6 is 34.8 Å². The summed E-state index contributed by atoms with van der Waals surface area (Å²) in [6.07, 6.45) is 0.997. The molecule has 0 amide bonds. The van der Waals surface area contributed by atoms with Crippen molar-refractivity contribution in [2.24, 2.45) is 11.5 Å². The van der Waals surface area contributed by atoms with Crippen LogP contribution in [0.5, 0.6) is 11.5 Å². The molecule has 4 aromatic carbocycles. The Balaban J connectivity index is 0.000000264. The third-order valence-corrected chi connectivity index (χ3v) is 6.15. The molecule has 0 saturated carbocycles. The van der Waals surface area contributed by atoms with Crippen LogP contribution in [0.2, 0.25) is 15.1 Å². The molecule has 0 spiro atoms. The number of benzene rings is 4. The SMILES string of the molecule is CC.NCCC(Oc1cccc(Cl)c1)c1cccc(Cl)c1.NCCC(Oc1cccc(F)c1)c1cccc(Cl)c1. The van der Waals surface area contributed by atoms with Crippen molar-refractivity contribution < 1.29 is 13.9 Å². The van der Waals surface area contributed by atoms with Crippen molar-refractivity contribution in [3.05, 3.63) is 129 Å². The predicted octanol–water partition coefficient (Wildman–Crippen LogP) is 9.44. The first-order chi connectivity index (χ1) is 19.4. The lowest BCUT2D eigenvalue weighted by molar-refractivity contribution is 0.197. The molecule has 0 aliphatic rings. The van der Waals surface area contributed by atoms with Crippen LogP contribution in [0.3, 0.4) is 0 Å². The van der Waals surface area contributed by atoms with Crippen LogP contribution in [-0.4, -0.2) is 13.1 Å². The topological polar surface area (TPSA) is 70.5 Å². The molecule has 0 aliphatic heterocycles. The van der Waals surface area contributed by atoms with Gasteiger partial charge in [0.05, 0.1) is 0 Å². The van der Waals surface area contributed by atoms with Gasteiger partial charge in [0, 0.05) is 34.0 Å². The Morgan fingerprint density at radius 1 is 0.600 bits per heavy atom. The first-order valence-electron chi connectivity index (χ1n) is 13.1. The van der Waals surface area contributed by atoms with Gasteiger partial charge in [-0.3, -0.25) is 0 Å². The number of hydrogen-bond acceptors (Lipinski definition) is 4. The Kier molecular flexibility index (Phi) is 15.5. The first-order valence-corrected chi connectivity index (χ1v) is 14.3. The van der Waals surface area contributed by atoms with Gasteiger partial charge >= 0.3 is 0 Å². The molecule has 4 N–H and O–H groups in total. The molecule has 2 atom stereocenters. The van der Waals surface area contributed by atoms with E-state index < -0.39 is 0 Å². The van der Waals surface area contributed by atoms with Crippen LogP contribution in [0.25, 0.3) is 0 Å². The Morgan fingerprint density at radius 3 is 1.40 bits per heavy atom. The Labute approximate surface area is 252 Å². The molecule has 0 bridgehead atoms. The fourth-order valence-corrected chi connectivity index (χ4v) is 4.29. The van der Waals surface area contributed by atoms with E-state index in [1.807, 2.05) is 74.5 Å². The van der Waals surface area contributed by atoms with Crippen molar-refractivity contribution in [2.75, 3.05) is 13.1 Å². The molecule has 0 heterocycles. The molecule has 0 radical (unpaired) electrons. The summed E-state index contributed by atoms with van der Waals surface area (Å²) in [5, 5.41) is 1.98. The molecule has 0 fully saturated rings. The van der Waals surface area contributed by atoms with Gasteiger partial charge in [-0.25, -0.2) is 4.39 Å². The van der Waals surface area contributed by atoms with Crippen molar-refractivity contribution in [2.45, 2.75) is 38.9 Å². The zero-order valence-electron chi connectivity index (χ0n) is 22.7. The second-order valence-electron chi connectivity index (χ2n) is 8.39. The fraction of sp³-hybridized carbons (Fsp3) is 0.250. The van der Waals surface area contributed by atoms with Crippen LogP contribution in [0, 0.1) is 5.82 Å².